The Kier molecular flexibility index (Phi) is 4.02. The number of H-pyrrole nitrogens is 1. The van der Waals surface area contributed by atoms with Crippen molar-refractivity contribution in [1.29, 1.82) is 0 Å². The maximum Gasteiger partial charge on any atom is 0.354 e. The molecular weight excluding hydrogens is 274 g/mol. The lowest BCUT2D eigenvalue weighted by Gasteiger charge is -2.20. The fourth-order valence-corrected chi connectivity index (χ4v) is 2.50. The molecule has 0 saturated carbocycles. The summed E-state index contributed by atoms with van der Waals surface area (Å²) in [5.74, 6) is -1.96. The van der Waals surface area contributed by atoms with Crippen molar-refractivity contribution in [3.8, 4) is 0 Å². The Labute approximate surface area is 122 Å². The zero-order valence-electron chi connectivity index (χ0n) is 12.3. The largest absolute Gasteiger partial charge is 0.477 e. The number of aryl methyl sites for hydroxylation is 1. The average Bonchev–Trinajstić information content (AvgIpc) is 2.92. The van der Waals surface area contributed by atoms with Crippen LogP contribution in [0.25, 0.3) is 0 Å². The number of aromatic carboxylic acids is 1. The second kappa shape index (κ2) is 5.59. The lowest BCUT2D eigenvalue weighted by atomic mass is 10.1. The van der Waals surface area contributed by atoms with Crippen molar-refractivity contribution >= 4 is 23.5 Å². The molecule has 1 atom stereocenters. The van der Waals surface area contributed by atoms with Gasteiger partial charge < -0.3 is 20.3 Å². The molecule has 21 heavy (non-hydrogen) atoms. The molecule has 1 aromatic heterocycles. The highest BCUT2D eigenvalue weighted by Crippen LogP contribution is 2.23. The summed E-state index contributed by atoms with van der Waals surface area (Å²) in [6.07, 6.45) is 0.163. The molecule has 2 amide bonds. The summed E-state index contributed by atoms with van der Waals surface area (Å²) < 4.78 is 0. The highest BCUT2D eigenvalue weighted by molar-refractivity contribution is 6.02. The van der Waals surface area contributed by atoms with Gasteiger partial charge in [-0.25, -0.2) is 4.79 Å². The predicted octanol–water partition coefficient (Wildman–Crippen LogP) is 1.22. The van der Waals surface area contributed by atoms with Crippen molar-refractivity contribution in [3.05, 3.63) is 17.5 Å². The standard InChI is InChI=1S/C14H19N3O4/c1-7(2)17-6-9(5-11(17)18)13(19)16-10-4-8(3)15-12(10)14(20)21/h4,7,9,15H,5-6H2,1-3H3,(H,16,19)(H,20,21). The third-order valence-electron chi connectivity index (χ3n) is 3.58. The van der Waals surface area contributed by atoms with E-state index in [4.69, 9.17) is 5.11 Å². The molecule has 2 rings (SSSR count). The maximum atomic E-state index is 12.2. The van der Waals surface area contributed by atoms with Gasteiger partial charge in [-0.15, -0.1) is 0 Å². The number of carbonyl (C=O) groups excluding carboxylic acids is 2. The Morgan fingerprint density at radius 2 is 2.14 bits per heavy atom. The van der Waals surface area contributed by atoms with Crippen molar-refractivity contribution in [2.45, 2.75) is 33.2 Å². The van der Waals surface area contributed by atoms with Gasteiger partial charge >= 0.3 is 5.97 Å². The minimum Gasteiger partial charge on any atom is -0.477 e. The van der Waals surface area contributed by atoms with Crippen molar-refractivity contribution < 1.29 is 19.5 Å². The fraction of sp³-hybridized carbons (Fsp3) is 0.500. The van der Waals surface area contributed by atoms with Crippen molar-refractivity contribution in [2.24, 2.45) is 5.92 Å². The number of hydrogen-bond acceptors (Lipinski definition) is 3. The first kappa shape index (κ1) is 15.1. The molecule has 3 N–H and O–H groups in total. The van der Waals surface area contributed by atoms with Crippen LogP contribution in [0.15, 0.2) is 6.07 Å². The van der Waals surface area contributed by atoms with Crippen LogP contribution in [0.4, 0.5) is 5.69 Å². The molecule has 114 valence electrons. The fourth-order valence-electron chi connectivity index (χ4n) is 2.50. The Balaban J connectivity index is 2.09. The Bertz CT molecular complexity index is 591. The van der Waals surface area contributed by atoms with E-state index in [2.05, 4.69) is 10.3 Å². The number of hydrogen-bond donors (Lipinski definition) is 3. The Morgan fingerprint density at radius 1 is 1.48 bits per heavy atom. The SMILES string of the molecule is Cc1cc(NC(=O)C2CC(=O)N(C(C)C)C2)c(C(=O)O)[nH]1. The lowest BCUT2D eigenvalue weighted by Crippen LogP contribution is -2.33. The summed E-state index contributed by atoms with van der Waals surface area (Å²) in [6, 6.07) is 1.62. The molecule has 1 saturated heterocycles. The zero-order chi connectivity index (χ0) is 15.7. The lowest BCUT2D eigenvalue weighted by molar-refractivity contribution is -0.129. The molecule has 0 bridgehead atoms. The molecule has 1 unspecified atom stereocenters. The first-order valence-electron chi connectivity index (χ1n) is 6.82. The summed E-state index contributed by atoms with van der Waals surface area (Å²) >= 11 is 0. The van der Waals surface area contributed by atoms with Crippen molar-refractivity contribution in [2.75, 3.05) is 11.9 Å². The number of amides is 2. The summed E-state index contributed by atoms with van der Waals surface area (Å²) in [5.41, 5.74) is 0.834. The molecule has 1 aromatic rings. The van der Waals surface area contributed by atoms with E-state index < -0.39 is 11.9 Å². The number of aromatic nitrogens is 1. The number of likely N-dealkylation sites (tertiary alicyclic amines) is 1. The van der Waals surface area contributed by atoms with Crippen LogP contribution in [0.2, 0.25) is 0 Å². The van der Waals surface area contributed by atoms with Gasteiger partial charge in [0.15, 0.2) is 0 Å². The number of carbonyl (C=O) groups is 3. The second-order valence-electron chi connectivity index (χ2n) is 5.58. The smallest absolute Gasteiger partial charge is 0.354 e. The van der Waals surface area contributed by atoms with Crippen LogP contribution >= 0.6 is 0 Å². The van der Waals surface area contributed by atoms with Crippen LogP contribution < -0.4 is 5.32 Å². The van der Waals surface area contributed by atoms with Crippen molar-refractivity contribution in [1.82, 2.24) is 9.88 Å². The topological polar surface area (TPSA) is 102 Å². The number of nitrogens with one attached hydrogen (secondary N) is 2. The average molecular weight is 293 g/mol. The molecule has 1 aliphatic heterocycles. The van der Waals surface area contributed by atoms with Gasteiger partial charge in [-0.05, 0) is 26.8 Å². The van der Waals surface area contributed by atoms with Gasteiger partial charge in [0.1, 0.15) is 5.69 Å². The third-order valence-corrected chi connectivity index (χ3v) is 3.58. The van der Waals surface area contributed by atoms with Crippen LogP contribution in [0.5, 0.6) is 0 Å². The van der Waals surface area contributed by atoms with Gasteiger partial charge in [-0.2, -0.15) is 0 Å². The monoisotopic (exact) mass is 293 g/mol. The van der Waals surface area contributed by atoms with Crippen LogP contribution in [-0.2, 0) is 9.59 Å². The maximum absolute atomic E-state index is 12.2. The van der Waals surface area contributed by atoms with Gasteiger partial charge in [0, 0.05) is 24.7 Å². The van der Waals surface area contributed by atoms with Crippen LogP contribution in [0, 0.1) is 12.8 Å². The molecule has 1 aliphatic rings. The third kappa shape index (κ3) is 3.07. The van der Waals surface area contributed by atoms with E-state index >= 15 is 0 Å². The number of carboxylic acids is 1. The van der Waals surface area contributed by atoms with E-state index in [1.165, 1.54) is 0 Å². The molecule has 1 fully saturated rings. The van der Waals surface area contributed by atoms with E-state index in [-0.39, 0.29) is 35.7 Å². The molecule has 0 radical (unpaired) electrons. The highest BCUT2D eigenvalue weighted by Gasteiger charge is 2.35. The van der Waals surface area contributed by atoms with Gasteiger partial charge in [0.2, 0.25) is 11.8 Å². The molecule has 0 spiro atoms. The summed E-state index contributed by atoms with van der Waals surface area (Å²) in [6.45, 7) is 5.88. The van der Waals surface area contributed by atoms with Crippen LogP contribution in [0.1, 0.15) is 36.5 Å². The van der Waals surface area contributed by atoms with Gasteiger partial charge in [-0.3, -0.25) is 9.59 Å². The predicted molar refractivity (Wildman–Crippen MR) is 76.1 cm³/mol. The molecule has 2 heterocycles. The quantitative estimate of drug-likeness (QED) is 0.776. The van der Waals surface area contributed by atoms with E-state index in [0.717, 1.165) is 0 Å². The molecule has 0 aromatic carbocycles. The van der Waals surface area contributed by atoms with E-state index in [0.29, 0.717) is 12.2 Å². The molecule has 0 aliphatic carbocycles. The Hall–Kier alpha value is -2.31. The molecule has 7 heteroatoms. The van der Waals surface area contributed by atoms with E-state index in [1.807, 2.05) is 13.8 Å². The first-order valence-corrected chi connectivity index (χ1v) is 6.82. The zero-order valence-corrected chi connectivity index (χ0v) is 12.3. The minimum absolute atomic E-state index is 0.0474. The van der Waals surface area contributed by atoms with Crippen LogP contribution in [-0.4, -0.2) is 45.4 Å². The molecule has 7 nitrogen and oxygen atoms in total. The van der Waals surface area contributed by atoms with Crippen LogP contribution in [0.3, 0.4) is 0 Å². The van der Waals surface area contributed by atoms with E-state index in [9.17, 15) is 14.4 Å². The summed E-state index contributed by atoms with van der Waals surface area (Å²) in [5, 5.41) is 11.7. The van der Waals surface area contributed by atoms with Crippen molar-refractivity contribution in [3.63, 3.8) is 0 Å². The Morgan fingerprint density at radius 3 is 2.67 bits per heavy atom. The number of rotatable bonds is 4. The van der Waals surface area contributed by atoms with Gasteiger partial charge in [0.05, 0.1) is 11.6 Å². The number of anilines is 1. The first-order chi connectivity index (χ1) is 9.79. The normalized spacial score (nSPS) is 18.4. The highest BCUT2D eigenvalue weighted by atomic mass is 16.4. The van der Waals surface area contributed by atoms with E-state index in [1.54, 1.807) is 17.9 Å². The molecular formula is C14H19N3O4. The number of nitrogens with zero attached hydrogens (tertiary/aromatic N) is 1. The van der Waals surface area contributed by atoms with Gasteiger partial charge in [-0.1, -0.05) is 0 Å². The summed E-state index contributed by atoms with van der Waals surface area (Å²) in [7, 11) is 0. The summed E-state index contributed by atoms with van der Waals surface area (Å²) in [4.78, 5) is 39.5. The minimum atomic E-state index is -1.13. The van der Waals surface area contributed by atoms with Gasteiger partial charge in [0.25, 0.3) is 0 Å². The second-order valence-corrected chi connectivity index (χ2v) is 5.58. The number of carboxylic acid groups (broad SMARTS) is 1. The number of aromatic amines is 1.